The van der Waals surface area contributed by atoms with Crippen molar-refractivity contribution in [1.82, 2.24) is 19.5 Å². The third-order valence-electron chi connectivity index (χ3n) is 9.07. The van der Waals surface area contributed by atoms with Crippen molar-refractivity contribution in [1.29, 1.82) is 0 Å². The van der Waals surface area contributed by atoms with Crippen LogP contribution in [0, 0.1) is 11.8 Å². The summed E-state index contributed by atoms with van der Waals surface area (Å²) in [5.74, 6) is -5.26. The number of Topliss-reactive ketones (excluding diaryl/α,β-unsaturated/α-hetero) is 1. The fourth-order valence-electron chi connectivity index (χ4n) is 6.17. The maximum atomic E-state index is 14.4. The van der Waals surface area contributed by atoms with Gasteiger partial charge in [0.15, 0.2) is 5.58 Å². The minimum Gasteiger partial charge on any atom is -0.434 e. The molecular weight excluding hydrogens is 726 g/mol. The number of sulfonamides is 1. The number of amides is 4. The minimum absolute atomic E-state index is 0.116. The van der Waals surface area contributed by atoms with E-state index in [2.05, 4.69) is 4.98 Å². The zero-order valence-corrected chi connectivity index (χ0v) is 31.1. The van der Waals surface area contributed by atoms with Gasteiger partial charge in [0.2, 0.25) is 5.78 Å². The Kier molecular flexibility index (Phi) is 11.9. The number of aliphatic hydroxyl groups is 1. The smallest absolute Gasteiger partial charge is 0.267 e. The van der Waals surface area contributed by atoms with Crippen molar-refractivity contribution in [3.63, 3.8) is 0 Å². The van der Waals surface area contributed by atoms with E-state index in [0.29, 0.717) is 39.6 Å². The van der Waals surface area contributed by atoms with Gasteiger partial charge in [0.25, 0.3) is 39.5 Å². The number of halogens is 1. The Morgan fingerprint density at radius 2 is 1.62 bits per heavy atom. The van der Waals surface area contributed by atoms with Crippen LogP contribution in [0.2, 0.25) is 5.02 Å². The molecule has 1 aliphatic rings. The van der Waals surface area contributed by atoms with Gasteiger partial charge in [0, 0.05) is 16.1 Å². The van der Waals surface area contributed by atoms with Crippen molar-refractivity contribution in [3.8, 4) is 0 Å². The lowest BCUT2D eigenvalue weighted by atomic mass is 9.96. The molecule has 4 aromatic rings. The molecule has 1 aromatic heterocycles. The third kappa shape index (κ3) is 8.39. The Balaban J connectivity index is 1.41. The molecule has 0 aliphatic carbocycles. The van der Waals surface area contributed by atoms with Crippen LogP contribution in [0.25, 0.3) is 11.1 Å². The van der Waals surface area contributed by atoms with Crippen LogP contribution in [0.3, 0.4) is 0 Å². The number of ketones is 1. The molecule has 53 heavy (non-hydrogen) atoms. The number of nitrogens with one attached hydrogen (secondary N) is 1. The van der Waals surface area contributed by atoms with E-state index in [4.69, 9.17) is 21.8 Å². The van der Waals surface area contributed by atoms with E-state index in [1.807, 2.05) is 4.72 Å². The highest BCUT2D eigenvalue weighted by atomic mass is 35.5. The first-order valence-corrected chi connectivity index (χ1v) is 18.8. The zero-order chi connectivity index (χ0) is 38.8. The molecule has 2 heterocycles. The Hall–Kier alpha value is -4.80. The number of nitrogens with zero attached hydrogens (tertiary/aromatic N) is 3. The number of rotatable bonds is 12. The number of nitrogens with two attached hydrogens (primary N) is 1. The maximum absolute atomic E-state index is 14.4. The SMILES string of the molecule is CC(C)C(C(=O)c1nc2cc(CO)ccc2o1)N1CCC[C@H]1C(=O)N(C(=O)c1ccc(C(=O)NS(=O)(=O)c2ccc(Cl)cc2)cc1)C(=O)[C@@H](N)C(C)C. The van der Waals surface area contributed by atoms with Gasteiger partial charge in [0.05, 0.1) is 29.6 Å². The van der Waals surface area contributed by atoms with Crippen molar-refractivity contribution in [2.75, 3.05) is 6.54 Å². The second kappa shape index (κ2) is 16.1. The minimum atomic E-state index is -4.25. The first kappa shape index (κ1) is 39.4. The molecule has 3 atom stereocenters. The van der Waals surface area contributed by atoms with Gasteiger partial charge in [-0.1, -0.05) is 45.4 Å². The van der Waals surface area contributed by atoms with Crippen molar-refractivity contribution in [2.45, 2.75) is 70.2 Å². The monoisotopic (exact) mass is 765 g/mol. The van der Waals surface area contributed by atoms with Crippen LogP contribution in [-0.2, 0) is 26.2 Å². The number of carbonyl (C=O) groups excluding carboxylic acids is 5. The third-order valence-corrected chi connectivity index (χ3v) is 10.7. The van der Waals surface area contributed by atoms with Crippen LogP contribution in [0.4, 0.5) is 0 Å². The number of likely N-dealkylation sites (tertiary alicyclic amines) is 1. The lowest BCUT2D eigenvalue weighted by Gasteiger charge is -2.35. The second-order valence-electron chi connectivity index (χ2n) is 13.5. The molecule has 0 saturated carbocycles. The summed E-state index contributed by atoms with van der Waals surface area (Å²) in [5, 5.41) is 9.82. The van der Waals surface area contributed by atoms with E-state index in [0.717, 1.165) is 0 Å². The Labute approximate surface area is 311 Å². The largest absolute Gasteiger partial charge is 0.434 e. The van der Waals surface area contributed by atoms with E-state index >= 15 is 0 Å². The molecule has 0 bridgehead atoms. The Morgan fingerprint density at radius 3 is 2.23 bits per heavy atom. The number of imide groups is 3. The highest BCUT2D eigenvalue weighted by Gasteiger charge is 2.46. The number of oxazole rings is 1. The molecule has 5 rings (SSSR count). The average molecular weight is 766 g/mol. The fraction of sp³-hybridized carbons (Fsp3) is 0.351. The van der Waals surface area contributed by atoms with Crippen LogP contribution in [0.15, 0.2) is 76.0 Å². The summed E-state index contributed by atoms with van der Waals surface area (Å²) < 4.78 is 33.2. The average Bonchev–Trinajstić information content (AvgIpc) is 3.78. The predicted molar refractivity (Wildman–Crippen MR) is 194 cm³/mol. The summed E-state index contributed by atoms with van der Waals surface area (Å²) >= 11 is 5.83. The number of benzene rings is 3. The lowest BCUT2D eigenvalue weighted by Crippen LogP contribution is -2.58. The molecule has 4 amide bonds. The van der Waals surface area contributed by atoms with Gasteiger partial charge in [-0.15, -0.1) is 0 Å². The fourth-order valence-corrected chi connectivity index (χ4v) is 7.27. The topological polar surface area (TPSA) is 210 Å². The van der Waals surface area contributed by atoms with Crippen LogP contribution < -0.4 is 10.5 Å². The quantitative estimate of drug-likeness (QED) is 0.138. The van der Waals surface area contributed by atoms with E-state index < -0.39 is 63.5 Å². The molecule has 3 aromatic carbocycles. The number of aromatic nitrogens is 1. The number of fused-ring (bicyclic) bond motifs is 1. The number of aliphatic hydroxyl groups excluding tert-OH is 1. The maximum Gasteiger partial charge on any atom is 0.267 e. The van der Waals surface area contributed by atoms with Crippen LogP contribution >= 0.6 is 11.6 Å². The molecule has 14 nitrogen and oxygen atoms in total. The van der Waals surface area contributed by atoms with E-state index in [1.54, 1.807) is 50.8 Å². The van der Waals surface area contributed by atoms with E-state index in [1.165, 1.54) is 48.5 Å². The zero-order valence-electron chi connectivity index (χ0n) is 29.5. The van der Waals surface area contributed by atoms with Gasteiger partial charge in [-0.25, -0.2) is 23.0 Å². The van der Waals surface area contributed by atoms with Gasteiger partial charge in [-0.2, -0.15) is 0 Å². The molecule has 1 saturated heterocycles. The molecule has 0 radical (unpaired) electrons. The van der Waals surface area contributed by atoms with Crippen LogP contribution in [-0.4, -0.2) is 82.4 Å². The molecule has 1 unspecified atom stereocenters. The molecule has 4 N–H and O–H groups in total. The summed E-state index contributed by atoms with van der Waals surface area (Å²) in [7, 11) is -4.25. The summed E-state index contributed by atoms with van der Waals surface area (Å²) in [6, 6.07) is 11.6. The molecular formula is C37H40ClN5O9S. The van der Waals surface area contributed by atoms with Crippen LogP contribution in [0.5, 0.6) is 0 Å². The van der Waals surface area contributed by atoms with Gasteiger partial charge in [-0.3, -0.25) is 28.9 Å². The molecule has 280 valence electrons. The number of hydrogen-bond donors (Lipinski definition) is 3. The van der Waals surface area contributed by atoms with Crippen molar-refractivity contribution in [2.24, 2.45) is 17.6 Å². The first-order chi connectivity index (χ1) is 25.0. The van der Waals surface area contributed by atoms with Crippen molar-refractivity contribution < 1.29 is 41.9 Å². The predicted octanol–water partition coefficient (Wildman–Crippen LogP) is 3.94. The summed E-state index contributed by atoms with van der Waals surface area (Å²) in [6.07, 6.45) is 0.716. The van der Waals surface area contributed by atoms with Crippen molar-refractivity contribution in [3.05, 3.63) is 94.3 Å². The van der Waals surface area contributed by atoms with Gasteiger partial charge in [0.1, 0.15) is 5.52 Å². The van der Waals surface area contributed by atoms with Crippen molar-refractivity contribution >= 4 is 62.1 Å². The standard InChI is InChI=1S/C37H40ClN5O9S/c1-20(2)30(39)37(49)43(35(47)24-10-8-23(9-11-24)33(46)41-53(50,51)26-14-12-25(38)13-15-26)36(48)28-6-5-17-42(28)31(21(3)4)32(45)34-40-27-18-22(19-44)7-16-29(27)52-34/h7-16,18,20-21,28,30-31,44H,5-6,17,19,39H2,1-4H3,(H,41,46)/t28-,30-,31?/m0/s1. The molecule has 16 heteroatoms. The molecule has 1 fully saturated rings. The lowest BCUT2D eigenvalue weighted by molar-refractivity contribution is -0.145. The summed E-state index contributed by atoms with van der Waals surface area (Å²) in [6.45, 7) is 7.02. The second-order valence-corrected chi connectivity index (χ2v) is 15.6. The normalized spacial score (nSPS) is 16.1. The highest BCUT2D eigenvalue weighted by molar-refractivity contribution is 7.90. The number of hydrogen-bond acceptors (Lipinski definition) is 12. The first-order valence-electron chi connectivity index (χ1n) is 16.9. The summed E-state index contributed by atoms with van der Waals surface area (Å²) in [5.41, 5.74) is 7.26. The van der Waals surface area contributed by atoms with Crippen LogP contribution in [0.1, 0.15) is 77.5 Å². The Morgan fingerprint density at radius 1 is 0.981 bits per heavy atom. The van der Waals surface area contributed by atoms with Gasteiger partial charge >= 0.3 is 0 Å². The number of carbonyl (C=O) groups is 5. The highest BCUT2D eigenvalue weighted by Crippen LogP contribution is 2.30. The van der Waals surface area contributed by atoms with Gasteiger partial charge in [-0.05, 0) is 97.4 Å². The molecule has 0 spiro atoms. The molecule has 1 aliphatic heterocycles. The van der Waals surface area contributed by atoms with E-state index in [-0.39, 0.29) is 40.9 Å². The Bertz CT molecular complexity index is 2150. The van der Waals surface area contributed by atoms with E-state index in [9.17, 15) is 37.5 Å². The summed E-state index contributed by atoms with van der Waals surface area (Å²) in [4.78, 5) is 75.4. The van der Waals surface area contributed by atoms with Gasteiger partial charge < -0.3 is 15.3 Å².